The first-order valence-corrected chi connectivity index (χ1v) is 10.2. The average Bonchev–Trinajstić information content (AvgIpc) is 2.65. The lowest BCUT2D eigenvalue weighted by Gasteiger charge is -2.19. The zero-order chi connectivity index (χ0) is 21.4. The van der Waals surface area contributed by atoms with Crippen molar-refractivity contribution in [3.63, 3.8) is 0 Å². The maximum atomic E-state index is 5.86. The molecule has 0 saturated carbocycles. The number of nitrogens with two attached hydrogens (primary N) is 1. The maximum Gasteiger partial charge on any atom is 0.184 e. The van der Waals surface area contributed by atoms with Crippen LogP contribution in [0.4, 0.5) is 0 Å². The van der Waals surface area contributed by atoms with Crippen LogP contribution < -0.4 is 25.4 Å². The molecule has 2 aromatic carbocycles. The van der Waals surface area contributed by atoms with Gasteiger partial charge < -0.3 is 19.9 Å². The Morgan fingerprint density at radius 2 is 1.83 bits per heavy atom. The molecule has 2 aromatic rings. The normalized spacial score (nSPS) is 11.3. The number of hydrogen-bond acceptors (Lipinski definition) is 5. The third-order valence-corrected chi connectivity index (χ3v) is 4.64. The number of methoxy groups -OCH3 is 1. The summed E-state index contributed by atoms with van der Waals surface area (Å²) in [4.78, 5) is 0. The van der Waals surface area contributed by atoms with Gasteiger partial charge in [0, 0.05) is 0 Å². The van der Waals surface area contributed by atoms with E-state index in [-0.39, 0.29) is 10.5 Å². The fourth-order valence-corrected chi connectivity index (χ4v) is 3.11. The van der Waals surface area contributed by atoms with E-state index in [9.17, 15) is 0 Å². The van der Waals surface area contributed by atoms with E-state index in [0.29, 0.717) is 24.7 Å². The predicted octanol–water partition coefficient (Wildman–Crippen LogP) is 4.38. The maximum absolute atomic E-state index is 5.86. The van der Waals surface area contributed by atoms with Crippen LogP contribution in [-0.4, -0.2) is 31.7 Å². The number of hydrazone groups is 1. The van der Waals surface area contributed by atoms with Crippen LogP contribution in [-0.2, 0) is 5.41 Å². The molecule has 0 saturated heterocycles. The Kier molecular flexibility index (Phi) is 8.28. The lowest BCUT2D eigenvalue weighted by molar-refractivity contribution is 0.210. The number of nitrogens with zero attached hydrogens (tertiary/aromatic N) is 1. The first-order chi connectivity index (χ1) is 13.7. The Balaban J connectivity index is 1.94. The van der Waals surface area contributed by atoms with Gasteiger partial charge in [0.15, 0.2) is 16.6 Å². The van der Waals surface area contributed by atoms with E-state index in [0.717, 1.165) is 15.8 Å². The summed E-state index contributed by atoms with van der Waals surface area (Å²) in [6.45, 7) is 7.33. The number of halogens is 1. The average molecular weight is 480 g/mol. The summed E-state index contributed by atoms with van der Waals surface area (Å²) < 4.78 is 17.8. The van der Waals surface area contributed by atoms with Gasteiger partial charge in [-0.05, 0) is 69.0 Å². The number of nitrogens with one attached hydrogen (secondary N) is 1. The van der Waals surface area contributed by atoms with Crippen molar-refractivity contribution in [1.29, 1.82) is 0 Å². The highest BCUT2D eigenvalue weighted by atomic mass is 79.9. The van der Waals surface area contributed by atoms with Crippen LogP contribution in [0, 0.1) is 0 Å². The monoisotopic (exact) mass is 479 g/mol. The summed E-state index contributed by atoms with van der Waals surface area (Å²) in [5.74, 6) is 1.98. The minimum Gasteiger partial charge on any atom is -0.493 e. The van der Waals surface area contributed by atoms with Crippen molar-refractivity contribution in [3.8, 4) is 17.2 Å². The summed E-state index contributed by atoms with van der Waals surface area (Å²) in [6, 6.07) is 11.8. The molecule has 0 aliphatic rings. The number of ether oxygens (including phenoxy) is 3. The van der Waals surface area contributed by atoms with Gasteiger partial charge in [0.1, 0.15) is 19.0 Å². The molecule has 3 N–H and O–H groups in total. The SMILES string of the molecule is COc1cc(C=NNC(N)=S)cc(Br)c1OCCOc1ccc(C(C)(C)C)cc1. The molecule has 0 fully saturated rings. The van der Waals surface area contributed by atoms with Gasteiger partial charge in [-0.3, -0.25) is 5.43 Å². The van der Waals surface area contributed by atoms with E-state index in [1.165, 1.54) is 5.56 Å². The van der Waals surface area contributed by atoms with Crippen molar-refractivity contribution in [2.24, 2.45) is 10.8 Å². The fraction of sp³-hybridized carbons (Fsp3) is 0.333. The number of thiocarbonyl (C=S) groups is 1. The summed E-state index contributed by atoms with van der Waals surface area (Å²) in [7, 11) is 1.58. The molecule has 2 rings (SSSR count). The van der Waals surface area contributed by atoms with Crippen molar-refractivity contribution >= 4 is 39.5 Å². The smallest absolute Gasteiger partial charge is 0.184 e. The molecule has 8 heteroatoms. The van der Waals surface area contributed by atoms with E-state index >= 15 is 0 Å². The van der Waals surface area contributed by atoms with Crippen molar-refractivity contribution in [2.75, 3.05) is 20.3 Å². The Bertz CT molecular complexity index is 865. The zero-order valence-corrected chi connectivity index (χ0v) is 19.4. The topological polar surface area (TPSA) is 78.1 Å². The van der Waals surface area contributed by atoms with Crippen molar-refractivity contribution in [3.05, 3.63) is 52.0 Å². The molecule has 6 nitrogen and oxygen atoms in total. The van der Waals surface area contributed by atoms with Gasteiger partial charge in [-0.2, -0.15) is 5.10 Å². The first kappa shape index (κ1) is 23.0. The fourth-order valence-electron chi connectivity index (χ4n) is 2.48. The second-order valence-electron chi connectivity index (χ2n) is 7.24. The van der Waals surface area contributed by atoms with Gasteiger partial charge in [0.05, 0.1) is 17.8 Å². The Labute approximate surface area is 185 Å². The Morgan fingerprint density at radius 1 is 1.17 bits per heavy atom. The molecular weight excluding hydrogens is 454 g/mol. The Hall–Kier alpha value is -2.32. The lowest BCUT2D eigenvalue weighted by Crippen LogP contribution is -2.23. The molecule has 0 aliphatic heterocycles. The largest absolute Gasteiger partial charge is 0.493 e. The van der Waals surface area contributed by atoms with E-state index in [1.54, 1.807) is 19.4 Å². The second-order valence-corrected chi connectivity index (χ2v) is 8.53. The molecule has 0 atom stereocenters. The predicted molar refractivity (Wildman–Crippen MR) is 124 cm³/mol. The van der Waals surface area contributed by atoms with Crippen molar-refractivity contribution in [2.45, 2.75) is 26.2 Å². The minimum absolute atomic E-state index is 0.0975. The molecular formula is C21H26BrN3O3S. The molecule has 0 radical (unpaired) electrons. The molecule has 0 heterocycles. The lowest BCUT2D eigenvalue weighted by atomic mass is 9.87. The van der Waals surface area contributed by atoms with Crippen LogP contribution in [0.2, 0.25) is 0 Å². The highest BCUT2D eigenvalue weighted by Crippen LogP contribution is 2.36. The van der Waals surface area contributed by atoms with Gasteiger partial charge in [-0.25, -0.2) is 0 Å². The third-order valence-electron chi connectivity index (χ3n) is 3.96. The van der Waals surface area contributed by atoms with Crippen LogP contribution in [0.15, 0.2) is 46.0 Å². The third kappa shape index (κ3) is 7.21. The second kappa shape index (κ2) is 10.5. The number of hydrogen-bond donors (Lipinski definition) is 2. The molecule has 0 unspecified atom stereocenters. The van der Waals surface area contributed by atoms with Crippen molar-refractivity contribution in [1.82, 2.24) is 5.43 Å². The zero-order valence-electron chi connectivity index (χ0n) is 17.0. The van der Waals surface area contributed by atoms with Crippen molar-refractivity contribution < 1.29 is 14.2 Å². The minimum atomic E-state index is 0.0975. The molecule has 0 amide bonds. The van der Waals surface area contributed by atoms with E-state index in [1.807, 2.05) is 18.2 Å². The van der Waals surface area contributed by atoms with E-state index in [4.69, 9.17) is 32.2 Å². The summed E-state index contributed by atoms with van der Waals surface area (Å²) in [5.41, 5.74) is 10.0. The standard InChI is InChI=1S/C21H26BrN3O3S/c1-21(2,3)15-5-7-16(8-6-15)27-9-10-28-19-17(22)11-14(12-18(19)26-4)13-24-25-20(23)29/h5-8,11-13H,9-10H2,1-4H3,(H3,23,25,29). The quantitative estimate of drug-likeness (QED) is 0.253. The number of rotatable bonds is 8. The van der Waals surface area contributed by atoms with Gasteiger partial charge in [0.2, 0.25) is 0 Å². The summed E-state index contributed by atoms with van der Waals surface area (Å²) in [5, 5.41) is 4.04. The van der Waals surface area contributed by atoms with Crippen LogP contribution >= 0.6 is 28.1 Å². The van der Waals surface area contributed by atoms with E-state index in [2.05, 4.69) is 59.4 Å². The van der Waals surface area contributed by atoms with Crippen LogP contribution in [0.1, 0.15) is 31.9 Å². The molecule has 156 valence electrons. The van der Waals surface area contributed by atoms with Gasteiger partial charge >= 0.3 is 0 Å². The van der Waals surface area contributed by atoms with Crippen LogP contribution in [0.3, 0.4) is 0 Å². The summed E-state index contributed by atoms with van der Waals surface area (Å²) >= 11 is 8.22. The highest BCUT2D eigenvalue weighted by molar-refractivity contribution is 9.10. The number of benzene rings is 2. The molecule has 0 spiro atoms. The van der Waals surface area contributed by atoms with Gasteiger partial charge in [-0.1, -0.05) is 32.9 Å². The summed E-state index contributed by atoms with van der Waals surface area (Å²) in [6.07, 6.45) is 1.58. The Morgan fingerprint density at radius 3 is 2.41 bits per heavy atom. The van der Waals surface area contributed by atoms with Gasteiger partial charge in [-0.15, -0.1) is 0 Å². The highest BCUT2D eigenvalue weighted by Gasteiger charge is 2.13. The molecule has 0 aliphatic carbocycles. The molecule has 29 heavy (non-hydrogen) atoms. The molecule has 0 bridgehead atoms. The first-order valence-electron chi connectivity index (χ1n) is 9.03. The van der Waals surface area contributed by atoms with Crippen LogP contribution in [0.5, 0.6) is 17.2 Å². The molecule has 0 aromatic heterocycles. The van der Waals surface area contributed by atoms with Crippen LogP contribution in [0.25, 0.3) is 0 Å². The van der Waals surface area contributed by atoms with E-state index < -0.39 is 0 Å². The van der Waals surface area contributed by atoms with Gasteiger partial charge in [0.25, 0.3) is 0 Å².